The van der Waals surface area contributed by atoms with Gasteiger partial charge in [0.05, 0.1) is 0 Å². The second-order valence-electron chi connectivity index (χ2n) is 5.39. The molecule has 1 aliphatic rings. The lowest BCUT2D eigenvalue weighted by atomic mass is 9.80. The van der Waals surface area contributed by atoms with Gasteiger partial charge in [-0.1, -0.05) is 53.7 Å². The SMILES string of the molecule is CC1CCCCC1CNCc1cc(Br)ccc1Cl. The van der Waals surface area contributed by atoms with Gasteiger partial charge in [-0.15, -0.1) is 0 Å². The fraction of sp³-hybridized carbons (Fsp3) is 0.600. The van der Waals surface area contributed by atoms with E-state index in [1.165, 1.54) is 31.2 Å². The zero-order chi connectivity index (χ0) is 13.0. The Balaban J connectivity index is 1.82. The molecule has 2 unspecified atom stereocenters. The number of halogens is 2. The quantitative estimate of drug-likeness (QED) is 0.817. The Morgan fingerprint density at radius 3 is 2.89 bits per heavy atom. The summed E-state index contributed by atoms with van der Waals surface area (Å²) < 4.78 is 1.09. The summed E-state index contributed by atoms with van der Waals surface area (Å²) in [7, 11) is 0. The summed E-state index contributed by atoms with van der Waals surface area (Å²) in [5.74, 6) is 1.70. The Morgan fingerprint density at radius 1 is 1.33 bits per heavy atom. The summed E-state index contributed by atoms with van der Waals surface area (Å²) in [5.41, 5.74) is 1.18. The third-order valence-electron chi connectivity index (χ3n) is 4.02. The molecule has 3 heteroatoms. The largest absolute Gasteiger partial charge is 0.312 e. The Kier molecular flexibility index (Phi) is 5.53. The molecule has 1 aromatic carbocycles. The first-order valence-corrected chi connectivity index (χ1v) is 7.98. The Bertz CT molecular complexity index is 394. The molecule has 0 saturated heterocycles. The van der Waals surface area contributed by atoms with E-state index in [0.717, 1.165) is 34.4 Å². The molecular formula is C15H21BrClN. The predicted molar refractivity (Wildman–Crippen MR) is 82.0 cm³/mol. The van der Waals surface area contributed by atoms with Crippen LogP contribution < -0.4 is 5.32 Å². The summed E-state index contributed by atoms with van der Waals surface area (Å²) in [6.45, 7) is 4.36. The van der Waals surface area contributed by atoms with E-state index in [1.54, 1.807) is 0 Å². The van der Waals surface area contributed by atoms with Crippen LogP contribution in [0.5, 0.6) is 0 Å². The molecule has 18 heavy (non-hydrogen) atoms. The first-order chi connectivity index (χ1) is 8.66. The van der Waals surface area contributed by atoms with Crippen molar-refractivity contribution in [3.05, 3.63) is 33.3 Å². The molecule has 0 aromatic heterocycles. The van der Waals surface area contributed by atoms with E-state index >= 15 is 0 Å². The van der Waals surface area contributed by atoms with Crippen molar-refractivity contribution >= 4 is 27.5 Å². The van der Waals surface area contributed by atoms with Crippen molar-refractivity contribution in [2.75, 3.05) is 6.54 Å². The molecule has 2 rings (SSSR count). The van der Waals surface area contributed by atoms with Crippen LogP contribution in [-0.2, 0) is 6.54 Å². The molecule has 1 aliphatic carbocycles. The van der Waals surface area contributed by atoms with Gasteiger partial charge in [0, 0.05) is 16.0 Å². The van der Waals surface area contributed by atoms with Gasteiger partial charge in [0.2, 0.25) is 0 Å². The highest BCUT2D eigenvalue weighted by Gasteiger charge is 2.20. The van der Waals surface area contributed by atoms with Crippen molar-refractivity contribution in [3.63, 3.8) is 0 Å². The third kappa shape index (κ3) is 3.97. The Labute approximate surface area is 123 Å². The van der Waals surface area contributed by atoms with Crippen LogP contribution in [-0.4, -0.2) is 6.54 Å². The first kappa shape index (κ1) is 14.4. The zero-order valence-corrected chi connectivity index (χ0v) is 13.2. The molecule has 0 spiro atoms. The Morgan fingerprint density at radius 2 is 2.11 bits per heavy atom. The highest BCUT2D eigenvalue weighted by molar-refractivity contribution is 9.10. The van der Waals surface area contributed by atoms with Gasteiger partial charge >= 0.3 is 0 Å². The number of rotatable bonds is 4. The van der Waals surface area contributed by atoms with Gasteiger partial charge in [0.1, 0.15) is 0 Å². The number of nitrogens with one attached hydrogen (secondary N) is 1. The topological polar surface area (TPSA) is 12.0 Å². The van der Waals surface area contributed by atoms with Crippen LogP contribution in [0.3, 0.4) is 0 Å². The van der Waals surface area contributed by atoms with Crippen LogP contribution in [0.4, 0.5) is 0 Å². The maximum atomic E-state index is 6.19. The van der Waals surface area contributed by atoms with Gasteiger partial charge in [-0.05, 0) is 48.6 Å². The lowest BCUT2D eigenvalue weighted by molar-refractivity contribution is 0.247. The minimum atomic E-state index is 0.838. The summed E-state index contributed by atoms with van der Waals surface area (Å²) >= 11 is 9.67. The molecule has 1 aromatic rings. The van der Waals surface area contributed by atoms with Crippen molar-refractivity contribution in [3.8, 4) is 0 Å². The lowest BCUT2D eigenvalue weighted by Gasteiger charge is -2.29. The highest BCUT2D eigenvalue weighted by atomic mass is 79.9. The smallest absolute Gasteiger partial charge is 0.0451 e. The van der Waals surface area contributed by atoms with E-state index in [2.05, 4.69) is 34.2 Å². The van der Waals surface area contributed by atoms with E-state index in [4.69, 9.17) is 11.6 Å². The molecule has 0 heterocycles. The van der Waals surface area contributed by atoms with E-state index in [0.29, 0.717) is 0 Å². The molecule has 100 valence electrons. The van der Waals surface area contributed by atoms with Gasteiger partial charge in [-0.25, -0.2) is 0 Å². The fourth-order valence-corrected chi connectivity index (χ4v) is 3.36. The fourth-order valence-electron chi connectivity index (χ4n) is 2.77. The first-order valence-electron chi connectivity index (χ1n) is 6.81. The molecule has 2 atom stereocenters. The zero-order valence-electron chi connectivity index (χ0n) is 10.9. The summed E-state index contributed by atoms with van der Waals surface area (Å²) in [6, 6.07) is 6.03. The van der Waals surface area contributed by atoms with Gasteiger partial charge in [0.15, 0.2) is 0 Å². The second-order valence-corrected chi connectivity index (χ2v) is 6.71. The molecule has 1 saturated carbocycles. The van der Waals surface area contributed by atoms with Crippen molar-refractivity contribution in [2.24, 2.45) is 11.8 Å². The third-order valence-corrected chi connectivity index (χ3v) is 4.88. The standard InChI is InChI=1S/C15H21BrClN/c1-11-4-2-3-5-12(11)9-18-10-13-8-14(16)6-7-15(13)17/h6-8,11-12,18H,2-5,9-10H2,1H3. The minimum Gasteiger partial charge on any atom is -0.312 e. The molecule has 1 N–H and O–H groups in total. The van der Waals surface area contributed by atoms with Gasteiger partial charge in [0.25, 0.3) is 0 Å². The van der Waals surface area contributed by atoms with Crippen LogP contribution in [0.2, 0.25) is 5.02 Å². The van der Waals surface area contributed by atoms with Crippen LogP contribution in [0, 0.1) is 11.8 Å². The van der Waals surface area contributed by atoms with Crippen LogP contribution >= 0.6 is 27.5 Å². The van der Waals surface area contributed by atoms with Crippen molar-refractivity contribution in [1.29, 1.82) is 0 Å². The van der Waals surface area contributed by atoms with Gasteiger partial charge < -0.3 is 5.32 Å². The lowest BCUT2D eigenvalue weighted by Crippen LogP contribution is -2.29. The maximum absolute atomic E-state index is 6.19. The maximum Gasteiger partial charge on any atom is 0.0451 e. The number of hydrogen-bond donors (Lipinski definition) is 1. The van der Waals surface area contributed by atoms with Crippen molar-refractivity contribution in [2.45, 2.75) is 39.2 Å². The van der Waals surface area contributed by atoms with Crippen molar-refractivity contribution in [1.82, 2.24) is 5.32 Å². The number of benzene rings is 1. The molecule has 1 nitrogen and oxygen atoms in total. The molecule has 0 amide bonds. The number of hydrogen-bond acceptors (Lipinski definition) is 1. The van der Waals surface area contributed by atoms with Gasteiger partial charge in [-0.3, -0.25) is 0 Å². The highest BCUT2D eigenvalue weighted by Crippen LogP contribution is 2.29. The van der Waals surface area contributed by atoms with E-state index in [9.17, 15) is 0 Å². The molecule has 0 bridgehead atoms. The summed E-state index contributed by atoms with van der Waals surface area (Å²) in [5, 5.41) is 4.41. The van der Waals surface area contributed by atoms with Crippen molar-refractivity contribution < 1.29 is 0 Å². The van der Waals surface area contributed by atoms with Crippen LogP contribution in [0.25, 0.3) is 0 Å². The monoisotopic (exact) mass is 329 g/mol. The Hall–Kier alpha value is -0.0500. The minimum absolute atomic E-state index is 0.838. The summed E-state index contributed by atoms with van der Waals surface area (Å²) in [4.78, 5) is 0. The van der Waals surface area contributed by atoms with E-state index < -0.39 is 0 Å². The summed E-state index contributed by atoms with van der Waals surface area (Å²) in [6.07, 6.45) is 5.58. The van der Waals surface area contributed by atoms with Crippen LogP contribution in [0.15, 0.2) is 22.7 Å². The van der Waals surface area contributed by atoms with E-state index in [1.807, 2.05) is 12.1 Å². The van der Waals surface area contributed by atoms with E-state index in [-0.39, 0.29) is 0 Å². The van der Waals surface area contributed by atoms with Crippen LogP contribution in [0.1, 0.15) is 38.2 Å². The predicted octanol–water partition coefficient (Wildman–Crippen LogP) is 5.02. The average molecular weight is 331 g/mol. The van der Waals surface area contributed by atoms with Gasteiger partial charge in [-0.2, -0.15) is 0 Å². The second kappa shape index (κ2) is 6.93. The molecular weight excluding hydrogens is 310 g/mol. The molecule has 1 fully saturated rings. The normalized spacial score (nSPS) is 24.2. The molecule has 0 radical (unpaired) electrons. The molecule has 0 aliphatic heterocycles. The average Bonchev–Trinajstić information content (AvgIpc) is 2.36.